The summed E-state index contributed by atoms with van der Waals surface area (Å²) in [5.41, 5.74) is 0.558. The fourth-order valence-electron chi connectivity index (χ4n) is 3.09. The van der Waals surface area contributed by atoms with Crippen molar-refractivity contribution in [2.24, 2.45) is 5.92 Å². The number of carbonyl (C=O) groups excluding carboxylic acids is 1. The number of hydrogen-bond acceptors (Lipinski definition) is 5. The van der Waals surface area contributed by atoms with E-state index < -0.39 is 0 Å². The molecule has 1 aromatic rings. The van der Waals surface area contributed by atoms with Crippen LogP contribution in [0.4, 0.5) is 0 Å². The van der Waals surface area contributed by atoms with Crippen LogP contribution in [0.1, 0.15) is 23.2 Å². The van der Waals surface area contributed by atoms with Gasteiger partial charge in [-0.25, -0.2) is 0 Å². The lowest BCUT2D eigenvalue weighted by Gasteiger charge is -2.39. The van der Waals surface area contributed by atoms with E-state index in [4.69, 9.17) is 4.74 Å². The van der Waals surface area contributed by atoms with Gasteiger partial charge in [-0.1, -0.05) is 0 Å². The molecule has 6 nitrogen and oxygen atoms in total. The summed E-state index contributed by atoms with van der Waals surface area (Å²) in [4.78, 5) is 14.3. The second kappa shape index (κ2) is 5.22. The molecule has 0 aromatic carbocycles. The van der Waals surface area contributed by atoms with Crippen molar-refractivity contribution in [1.82, 2.24) is 15.1 Å². The van der Waals surface area contributed by atoms with Crippen LogP contribution in [0.5, 0.6) is 0 Å². The quantitative estimate of drug-likeness (QED) is 0.818. The number of ether oxygens (including phenoxy) is 1. The summed E-state index contributed by atoms with van der Waals surface area (Å²) in [6.07, 6.45) is 4.78. The van der Waals surface area contributed by atoms with E-state index in [1.165, 1.54) is 12.4 Å². The van der Waals surface area contributed by atoms with Gasteiger partial charge >= 0.3 is 0 Å². The normalized spacial score (nSPS) is 30.2. The van der Waals surface area contributed by atoms with Gasteiger partial charge in [-0.15, -0.1) is 0 Å². The second-order valence-electron chi connectivity index (χ2n) is 5.05. The van der Waals surface area contributed by atoms with Gasteiger partial charge in [0.15, 0.2) is 0 Å². The Hall–Kier alpha value is -1.53. The number of nitrogens with zero attached hydrogens (tertiary/aromatic N) is 3. The van der Waals surface area contributed by atoms with E-state index in [1.807, 2.05) is 4.90 Å². The molecule has 1 N–H and O–H groups in total. The molecule has 102 valence electrons. The first-order valence-electron chi connectivity index (χ1n) is 6.61. The minimum Gasteiger partial charge on any atom is -0.396 e. The van der Waals surface area contributed by atoms with Crippen molar-refractivity contribution >= 4 is 5.91 Å². The summed E-state index contributed by atoms with van der Waals surface area (Å²) >= 11 is 0. The Bertz CT molecular complexity index is 454. The van der Waals surface area contributed by atoms with E-state index >= 15 is 0 Å². The van der Waals surface area contributed by atoms with Gasteiger partial charge in [-0.3, -0.25) is 4.79 Å². The summed E-state index contributed by atoms with van der Waals surface area (Å²) < 4.78 is 5.74. The molecule has 1 aliphatic heterocycles. The average molecular weight is 263 g/mol. The van der Waals surface area contributed by atoms with E-state index in [0.717, 1.165) is 12.8 Å². The minimum atomic E-state index is -0.0301. The topological polar surface area (TPSA) is 75.6 Å². The van der Waals surface area contributed by atoms with E-state index in [2.05, 4.69) is 10.2 Å². The summed E-state index contributed by atoms with van der Waals surface area (Å²) in [5.74, 6) is 0.128. The van der Waals surface area contributed by atoms with Crippen molar-refractivity contribution in [3.8, 4) is 0 Å². The third-order valence-corrected chi connectivity index (χ3v) is 4.05. The number of amides is 1. The highest BCUT2D eigenvalue weighted by atomic mass is 16.5. The van der Waals surface area contributed by atoms with Crippen LogP contribution in [-0.2, 0) is 4.74 Å². The summed E-state index contributed by atoms with van der Waals surface area (Å²) in [6, 6.07) is 1.75. The Balaban J connectivity index is 1.79. The molecule has 0 unspecified atom stereocenters. The lowest BCUT2D eigenvalue weighted by atomic mass is 10.0. The minimum absolute atomic E-state index is 0.0215. The van der Waals surface area contributed by atoms with Crippen LogP contribution in [0.3, 0.4) is 0 Å². The van der Waals surface area contributed by atoms with Gasteiger partial charge < -0.3 is 14.7 Å². The molecule has 1 amide bonds. The van der Waals surface area contributed by atoms with Crippen molar-refractivity contribution in [3.05, 3.63) is 24.0 Å². The number of rotatable bonds is 2. The Morgan fingerprint density at radius 1 is 1.47 bits per heavy atom. The van der Waals surface area contributed by atoms with Gasteiger partial charge in [0.25, 0.3) is 5.91 Å². The van der Waals surface area contributed by atoms with Gasteiger partial charge in [0, 0.05) is 19.1 Å². The molecule has 2 fully saturated rings. The van der Waals surface area contributed by atoms with Crippen LogP contribution in [0.25, 0.3) is 0 Å². The third kappa shape index (κ3) is 2.21. The van der Waals surface area contributed by atoms with Gasteiger partial charge in [0.2, 0.25) is 0 Å². The standard InChI is InChI=1S/C13H17N3O3/c17-8-10-1-2-11-12(10)19-6-5-16(11)13(18)9-3-4-14-15-7-9/h3-4,7,10-12,17H,1-2,5-6,8H2/t10-,11-,12+/m0/s1. The molecule has 19 heavy (non-hydrogen) atoms. The van der Waals surface area contributed by atoms with Crippen molar-refractivity contribution in [2.45, 2.75) is 25.0 Å². The summed E-state index contributed by atoms with van der Waals surface area (Å²) in [6.45, 7) is 1.25. The first-order chi connectivity index (χ1) is 9.31. The highest BCUT2D eigenvalue weighted by molar-refractivity contribution is 5.94. The van der Waals surface area contributed by atoms with E-state index in [0.29, 0.717) is 18.7 Å². The molecule has 3 rings (SSSR count). The number of hydrogen-bond donors (Lipinski definition) is 1. The lowest BCUT2D eigenvalue weighted by Crippen LogP contribution is -2.53. The summed E-state index contributed by atoms with van der Waals surface area (Å²) in [5, 5.41) is 16.8. The Morgan fingerprint density at radius 3 is 3.11 bits per heavy atom. The van der Waals surface area contributed by atoms with Gasteiger partial charge in [0.1, 0.15) is 0 Å². The Kier molecular flexibility index (Phi) is 3.44. The number of aromatic nitrogens is 2. The summed E-state index contributed by atoms with van der Waals surface area (Å²) in [7, 11) is 0. The van der Waals surface area contributed by atoms with Crippen LogP contribution >= 0.6 is 0 Å². The smallest absolute Gasteiger partial charge is 0.255 e. The van der Waals surface area contributed by atoms with Crippen LogP contribution in [0.2, 0.25) is 0 Å². The predicted octanol–water partition coefficient (Wildman–Crippen LogP) is 0.0885. The number of aliphatic hydroxyl groups excluding tert-OH is 1. The number of aliphatic hydroxyl groups is 1. The van der Waals surface area contributed by atoms with Crippen molar-refractivity contribution < 1.29 is 14.6 Å². The SMILES string of the molecule is O=C(c1ccnnc1)N1CCO[C@@H]2[C@H](CO)CC[C@@H]21. The van der Waals surface area contributed by atoms with Gasteiger partial charge in [-0.2, -0.15) is 10.2 Å². The average Bonchev–Trinajstić information content (AvgIpc) is 2.90. The molecule has 0 spiro atoms. The van der Waals surface area contributed by atoms with Crippen molar-refractivity contribution in [2.75, 3.05) is 19.8 Å². The number of fused-ring (bicyclic) bond motifs is 1. The molecule has 3 atom stereocenters. The Morgan fingerprint density at radius 2 is 2.37 bits per heavy atom. The molecule has 1 aliphatic carbocycles. The maximum atomic E-state index is 12.5. The number of morpholine rings is 1. The van der Waals surface area contributed by atoms with E-state index in [1.54, 1.807) is 6.07 Å². The molecule has 2 aliphatic rings. The zero-order valence-corrected chi connectivity index (χ0v) is 10.6. The van der Waals surface area contributed by atoms with Crippen molar-refractivity contribution in [1.29, 1.82) is 0 Å². The monoisotopic (exact) mass is 263 g/mol. The largest absolute Gasteiger partial charge is 0.396 e. The highest BCUT2D eigenvalue weighted by Gasteiger charge is 2.44. The fraction of sp³-hybridized carbons (Fsp3) is 0.615. The molecule has 1 saturated carbocycles. The van der Waals surface area contributed by atoms with Crippen LogP contribution in [-0.4, -0.2) is 58.0 Å². The first-order valence-corrected chi connectivity index (χ1v) is 6.61. The van der Waals surface area contributed by atoms with E-state index in [-0.39, 0.29) is 30.6 Å². The zero-order chi connectivity index (χ0) is 13.2. The molecule has 2 heterocycles. The van der Waals surface area contributed by atoms with Gasteiger partial charge in [-0.05, 0) is 18.9 Å². The molecular weight excluding hydrogens is 246 g/mol. The van der Waals surface area contributed by atoms with Crippen LogP contribution in [0, 0.1) is 5.92 Å². The molecule has 1 aromatic heterocycles. The maximum Gasteiger partial charge on any atom is 0.255 e. The van der Waals surface area contributed by atoms with Crippen LogP contribution < -0.4 is 0 Å². The van der Waals surface area contributed by atoms with Gasteiger partial charge in [0.05, 0.1) is 36.7 Å². The Labute approximate surface area is 111 Å². The lowest BCUT2D eigenvalue weighted by molar-refractivity contribution is -0.0694. The molecule has 0 radical (unpaired) electrons. The maximum absolute atomic E-state index is 12.5. The zero-order valence-electron chi connectivity index (χ0n) is 10.6. The fourth-order valence-corrected chi connectivity index (χ4v) is 3.09. The van der Waals surface area contributed by atoms with Crippen LogP contribution in [0.15, 0.2) is 18.5 Å². The molecular formula is C13H17N3O3. The highest BCUT2D eigenvalue weighted by Crippen LogP contribution is 2.34. The van der Waals surface area contributed by atoms with E-state index in [9.17, 15) is 9.90 Å². The second-order valence-corrected chi connectivity index (χ2v) is 5.05. The number of carbonyl (C=O) groups is 1. The third-order valence-electron chi connectivity index (χ3n) is 4.05. The predicted molar refractivity (Wildman–Crippen MR) is 66.4 cm³/mol. The first kappa shape index (κ1) is 12.5. The molecule has 1 saturated heterocycles. The van der Waals surface area contributed by atoms with Crippen molar-refractivity contribution in [3.63, 3.8) is 0 Å². The molecule has 0 bridgehead atoms. The molecule has 6 heteroatoms.